The van der Waals surface area contributed by atoms with E-state index in [9.17, 15) is 72.5 Å². The van der Waals surface area contributed by atoms with Crippen molar-refractivity contribution in [3.63, 3.8) is 0 Å². The molecule has 1 aromatic heterocycles. The number of imidazole rings is 1. The number of H-pyrrole nitrogens is 1. The van der Waals surface area contributed by atoms with Gasteiger partial charge in [0, 0.05) is 58.5 Å². The van der Waals surface area contributed by atoms with Crippen LogP contribution in [0.4, 0.5) is 4.79 Å². The molecule has 3 heterocycles. The molecule has 92 heavy (non-hydrogen) atoms. The largest absolute Gasteiger partial charge is 0.480 e. The summed E-state index contributed by atoms with van der Waals surface area (Å²) in [6.45, 7) is 8.48. The zero-order valence-corrected chi connectivity index (χ0v) is 52.1. The Hall–Kier alpha value is -9.56. The molecule has 6 rings (SSSR count). The average molecular weight is 1290 g/mol. The fourth-order valence-corrected chi connectivity index (χ4v) is 10.6. The zero-order valence-electron chi connectivity index (χ0n) is 52.1. The number of amides is 9. The summed E-state index contributed by atoms with van der Waals surface area (Å²) in [5, 5.41) is 39.0. The van der Waals surface area contributed by atoms with Gasteiger partial charge in [-0.25, -0.2) is 9.78 Å². The maximum Gasteiger partial charge on any atom is 0.410 e. The van der Waals surface area contributed by atoms with Crippen LogP contribution >= 0.6 is 0 Å². The van der Waals surface area contributed by atoms with Crippen LogP contribution in [-0.4, -0.2) is 214 Å². The highest BCUT2D eigenvalue weighted by atomic mass is 16.7. The van der Waals surface area contributed by atoms with Gasteiger partial charge >= 0.3 is 30.0 Å². The van der Waals surface area contributed by atoms with Gasteiger partial charge in [0.25, 0.3) is 0 Å². The predicted octanol–water partition coefficient (Wildman–Crippen LogP) is -1.78. The quantitative estimate of drug-likeness (QED) is 0.0270. The van der Waals surface area contributed by atoms with E-state index in [4.69, 9.17) is 28.4 Å². The summed E-state index contributed by atoms with van der Waals surface area (Å²) in [6, 6.07) is 3.55. The molecule has 13 atom stereocenters. The smallest absolute Gasteiger partial charge is 0.410 e. The lowest BCUT2D eigenvalue weighted by Crippen LogP contribution is -2.68. The molecule has 0 radical (unpaired) electrons. The molecule has 3 aromatic rings. The van der Waals surface area contributed by atoms with Gasteiger partial charge in [-0.1, -0.05) is 62.4 Å². The molecule has 9 amide bonds. The van der Waals surface area contributed by atoms with Crippen molar-refractivity contribution < 1.29 is 101 Å². The Balaban J connectivity index is 1.14. The van der Waals surface area contributed by atoms with Crippen LogP contribution < -0.4 is 42.5 Å². The van der Waals surface area contributed by atoms with Crippen LogP contribution in [0.1, 0.15) is 97.9 Å². The number of likely N-dealkylation sites (tertiary alicyclic amines) is 1. The van der Waals surface area contributed by atoms with Gasteiger partial charge in [-0.05, 0) is 61.8 Å². The molecule has 0 unspecified atom stereocenters. The number of fused-ring (bicyclic) bond motifs is 3. The van der Waals surface area contributed by atoms with E-state index in [-0.39, 0.29) is 31.9 Å². The lowest BCUT2D eigenvalue weighted by atomic mass is 9.95. The van der Waals surface area contributed by atoms with Gasteiger partial charge in [-0.15, -0.1) is 0 Å². The lowest BCUT2D eigenvalue weighted by molar-refractivity contribution is -0.287. The van der Waals surface area contributed by atoms with E-state index in [1.807, 2.05) is 48.5 Å². The highest BCUT2D eigenvalue weighted by Crippen LogP contribution is 2.44. The number of carboxylic acids is 1. The number of ether oxygens (including phenoxy) is 6. The SMILES string of the molecule is CC(=O)N[C@H]1[C@@H](O[C@H](C)[C@H](NC(=O)[C@@H](NC(=O)CNC(=O)[C@H](Cc2cnc[nH]2)NC(=O)[C@H](C)NC(=O)[C@@H]2CCCN2C(=O)OCC2c3ccccc3-c3ccccc32)C(C)C)C(=O)N[C@@H](CO)C(=O)N[C@@H](C)C(=O)O)O[C@H](COC(C)=O)[C@H](OC(C)=O)[C@@H]1OC(C)=O. The number of rotatable bonds is 29. The number of carboxylic acid groups (broad SMARTS) is 1. The number of hydrogen-bond acceptors (Lipinski definition) is 21. The van der Waals surface area contributed by atoms with Crippen molar-refractivity contribution in [2.45, 2.75) is 167 Å². The second-order valence-electron chi connectivity index (χ2n) is 22.6. The Bertz CT molecular complexity index is 3150. The maximum atomic E-state index is 14.4. The van der Waals surface area contributed by atoms with Gasteiger partial charge in [-0.2, -0.15) is 0 Å². The average Bonchev–Trinajstić information content (AvgIpc) is 1.47. The monoisotopic (exact) mass is 1290 g/mol. The van der Waals surface area contributed by atoms with Gasteiger partial charge in [0.1, 0.15) is 67.7 Å². The van der Waals surface area contributed by atoms with E-state index in [1.165, 1.54) is 45.1 Å². The maximum absolute atomic E-state index is 14.4. The summed E-state index contributed by atoms with van der Waals surface area (Å²) in [7, 11) is 0. The van der Waals surface area contributed by atoms with Gasteiger partial charge in [-0.3, -0.25) is 62.4 Å². The van der Waals surface area contributed by atoms with Crippen molar-refractivity contribution in [1.82, 2.24) is 57.4 Å². The summed E-state index contributed by atoms with van der Waals surface area (Å²) in [6.07, 6.45) is -5.62. The number of aliphatic carboxylic acids is 1. The minimum absolute atomic E-state index is 0.0243. The third-order valence-electron chi connectivity index (χ3n) is 15.2. The molecule has 2 fully saturated rings. The molecule has 0 spiro atoms. The number of carbonyl (C=O) groups is 13. The van der Waals surface area contributed by atoms with Gasteiger partial charge in [0.05, 0.1) is 25.6 Å². The van der Waals surface area contributed by atoms with Crippen molar-refractivity contribution in [2.75, 3.05) is 32.9 Å². The topological polar surface area (TPSA) is 446 Å². The number of aromatic amines is 1. The molecule has 2 aliphatic heterocycles. The van der Waals surface area contributed by atoms with Crippen LogP contribution in [0.5, 0.6) is 0 Å². The van der Waals surface area contributed by atoms with Crippen molar-refractivity contribution >= 4 is 77.2 Å². The molecule has 500 valence electrons. The minimum atomic E-state index is -1.98. The Morgan fingerprint density at radius 3 is 1.88 bits per heavy atom. The second kappa shape index (κ2) is 33.0. The third-order valence-corrected chi connectivity index (χ3v) is 15.2. The highest BCUT2D eigenvalue weighted by molar-refractivity contribution is 5.97. The molecular weight excluding hydrogens is 1210 g/mol. The predicted molar refractivity (Wildman–Crippen MR) is 317 cm³/mol. The highest BCUT2D eigenvalue weighted by Gasteiger charge is 2.53. The summed E-state index contributed by atoms with van der Waals surface area (Å²) < 4.78 is 34.3. The summed E-state index contributed by atoms with van der Waals surface area (Å²) in [5.74, 6) is -12.8. The number of nitrogens with one attached hydrogen (secondary N) is 9. The van der Waals surface area contributed by atoms with Crippen molar-refractivity contribution in [1.29, 1.82) is 0 Å². The summed E-state index contributed by atoms with van der Waals surface area (Å²) >= 11 is 0. The molecule has 2 saturated heterocycles. The number of aromatic nitrogens is 2. The fourth-order valence-electron chi connectivity index (χ4n) is 10.6. The van der Waals surface area contributed by atoms with Crippen LogP contribution in [0, 0.1) is 5.92 Å². The number of hydrogen-bond donors (Lipinski definition) is 11. The molecule has 0 bridgehead atoms. The minimum Gasteiger partial charge on any atom is -0.480 e. The van der Waals surface area contributed by atoms with E-state index < -0.39 is 182 Å². The standard InChI is InChI=1S/C60H79N11O21/c1-28(2)47(56(82)70-48(57(83)68-43(24-72)54(80)65-30(4)58(84)85)31(5)89-59-49(66-32(6)73)51(91-35(9)76)50(90-34(8)75)45(92-59)26-87-33(7)74)69-46(77)23-62-53(79)42(21-36-22-61-27-63-36)67-52(78)29(3)64-55(81)44-19-14-20-71(44)60(86)88-25-41-39-17-12-10-15-37(39)38-16-11-13-18-40(38)41/h10-13,15-18,22,27-31,41-45,47-51,59,72H,14,19-21,23-26H2,1-9H3,(H,61,63)(H,62,79)(H,64,81)(H,65,80)(H,66,73)(H,67,78)(H,68,83)(H,69,77)(H,70,82)(H,84,85)/t29-,30-,31+,42-,43-,44-,45+,47-,48-,49+,50-,51+,59-/m0/s1. The number of nitrogens with zero attached hydrogens (tertiary/aromatic N) is 2. The van der Waals surface area contributed by atoms with Crippen LogP contribution in [0.15, 0.2) is 61.1 Å². The Kier molecular flexibility index (Phi) is 25.6. The number of aliphatic hydroxyl groups excluding tert-OH is 1. The molecule has 1 aliphatic carbocycles. The molecule has 32 heteroatoms. The van der Waals surface area contributed by atoms with Crippen molar-refractivity contribution in [3.8, 4) is 11.1 Å². The van der Waals surface area contributed by atoms with Crippen molar-refractivity contribution in [3.05, 3.63) is 77.9 Å². The molecule has 3 aliphatic rings. The first-order chi connectivity index (χ1) is 43.6. The molecule has 32 nitrogen and oxygen atoms in total. The van der Waals surface area contributed by atoms with Gasteiger partial charge < -0.3 is 86.2 Å². The van der Waals surface area contributed by atoms with E-state index in [1.54, 1.807) is 0 Å². The van der Waals surface area contributed by atoms with Gasteiger partial charge in [0.15, 0.2) is 18.5 Å². The van der Waals surface area contributed by atoms with E-state index in [0.717, 1.165) is 56.9 Å². The summed E-state index contributed by atoms with van der Waals surface area (Å²) in [4.78, 5) is 180. The van der Waals surface area contributed by atoms with Gasteiger partial charge in [0.2, 0.25) is 47.3 Å². The Morgan fingerprint density at radius 2 is 1.30 bits per heavy atom. The first-order valence-electron chi connectivity index (χ1n) is 29.7. The third kappa shape index (κ3) is 19.2. The zero-order chi connectivity index (χ0) is 67.7. The fraction of sp³-hybridized carbons (Fsp3) is 0.533. The lowest BCUT2D eigenvalue weighted by Gasteiger charge is -2.46. The first-order valence-corrected chi connectivity index (χ1v) is 29.7. The normalized spacial score (nSPS) is 20.5. The number of esters is 3. The van der Waals surface area contributed by atoms with Crippen LogP contribution in [0.2, 0.25) is 0 Å². The van der Waals surface area contributed by atoms with Crippen LogP contribution in [0.3, 0.4) is 0 Å². The number of carbonyl (C=O) groups excluding carboxylic acids is 12. The first kappa shape index (κ1) is 71.5. The van der Waals surface area contributed by atoms with E-state index in [0.29, 0.717) is 12.1 Å². The van der Waals surface area contributed by atoms with E-state index in [2.05, 4.69) is 52.5 Å². The second-order valence-corrected chi connectivity index (χ2v) is 22.6. The summed E-state index contributed by atoms with van der Waals surface area (Å²) in [5.41, 5.74) is 4.48. The van der Waals surface area contributed by atoms with Crippen LogP contribution in [-0.2, 0) is 92.4 Å². The molecular formula is C60H79N11O21. The number of aliphatic hydroxyl groups is 1. The molecule has 11 N–H and O–H groups in total. The Morgan fingerprint density at radius 1 is 0.685 bits per heavy atom. The molecule has 0 saturated carbocycles. The van der Waals surface area contributed by atoms with Crippen molar-refractivity contribution in [2.24, 2.45) is 5.92 Å². The molecule has 2 aromatic carbocycles. The van der Waals surface area contributed by atoms with Crippen LogP contribution in [0.25, 0.3) is 11.1 Å². The Labute approximate surface area is 528 Å². The van der Waals surface area contributed by atoms with E-state index >= 15 is 0 Å². The number of benzene rings is 2.